The van der Waals surface area contributed by atoms with Crippen LogP contribution in [0.25, 0.3) is 0 Å². The Balaban J connectivity index is 2.76. The first-order chi connectivity index (χ1) is 6.52. The first-order valence-corrected chi connectivity index (χ1v) is 5.03. The maximum atomic E-state index is 11.5. The van der Waals surface area contributed by atoms with Gasteiger partial charge in [-0.3, -0.25) is 9.59 Å². The Morgan fingerprint density at radius 3 is 2.64 bits per heavy atom. The maximum absolute atomic E-state index is 11.5. The minimum Gasteiger partial charge on any atom is -0.480 e. The highest BCUT2D eigenvalue weighted by Crippen LogP contribution is 2.21. The zero-order valence-corrected chi connectivity index (χ0v) is 8.93. The molecule has 0 aliphatic rings. The average molecular weight is 234 g/mol. The first kappa shape index (κ1) is 11.0. The summed E-state index contributed by atoms with van der Waals surface area (Å²) < 4.78 is 0. The van der Waals surface area contributed by atoms with Crippen molar-refractivity contribution in [2.24, 2.45) is 0 Å². The average Bonchev–Trinajstić information content (AvgIpc) is 2.48. The number of thiophene rings is 1. The molecule has 1 heterocycles. The second-order valence-electron chi connectivity index (χ2n) is 2.69. The molecule has 0 aliphatic heterocycles. The van der Waals surface area contributed by atoms with Gasteiger partial charge in [0, 0.05) is 17.8 Å². The van der Waals surface area contributed by atoms with Gasteiger partial charge in [0.15, 0.2) is 0 Å². The summed E-state index contributed by atoms with van der Waals surface area (Å²) in [5, 5.41) is 12.1. The monoisotopic (exact) mass is 233 g/mol. The van der Waals surface area contributed by atoms with E-state index in [9.17, 15) is 9.59 Å². The summed E-state index contributed by atoms with van der Waals surface area (Å²) in [6, 6.07) is 0. The van der Waals surface area contributed by atoms with Crippen LogP contribution in [0.1, 0.15) is 10.4 Å². The molecular formula is C8H8ClNO3S. The highest BCUT2D eigenvalue weighted by molar-refractivity contribution is 7.08. The number of halogens is 1. The molecule has 6 heteroatoms. The van der Waals surface area contributed by atoms with Gasteiger partial charge in [0.05, 0.1) is 10.6 Å². The van der Waals surface area contributed by atoms with E-state index in [0.29, 0.717) is 10.6 Å². The second-order valence-corrected chi connectivity index (χ2v) is 3.84. The Bertz CT molecular complexity index is 363. The van der Waals surface area contributed by atoms with Crippen molar-refractivity contribution < 1.29 is 14.7 Å². The van der Waals surface area contributed by atoms with Gasteiger partial charge in [-0.05, 0) is 0 Å². The van der Waals surface area contributed by atoms with Crippen molar-refractivity contribution in [3.05, 3.63) is 21.3 Å². The molecule has 1 aromatic heterocycles. The summed E-state index contributed by atoms with van der Waals surface area (Å²) in [5.74, 6) is -1.43. The van der Waals surface area contributed by atoms with Gasteiger partial charge in [-0.1, -0.05) is 11.6 Å². The smallest absolute Gasteiger partial charge is 0.323 e. The lowest BCUT2D eigenvalue weighted by Crippen LogP contribution is -2.31. The molecule has 1 N–H and O–H groups in total. The largest absolute Gasteiger partial charge is 0.480 e. The maximum Gasteiger partial charge on any atom is 0.323 e. The number of hydrogen-bond donors (Lipinski definition) is 1. The Kier molecular flexibility index (Phi) is 3.49. The van der Waals surface area contributed by atoms with Crippen LogP contribution in [-0.4, -0.2) is 35.5 Å². The van der Waals surface area contributed by atoms with E-state index in [-0.39, 0.29) is 12.5 Å². The second kappa shape index (κ2) is 4.43. The van der Waals surface area contributed by atoms with Crippen LogP contribution in [0.3, 0.4) is 0 Å². The number of likely N-dealkylation sites (N-methyl/N-ethyl adjacent to an activating group) is 1. The summed E-state index contributed by atoms with van der Waals surface area (Å²) >= 11 is 7.03. The van der Waals surface area contributed by atoms with Gasteiger partial charge in [0.2, 0.25) is 0 Å². The van der Waals surface area contributed by atoms with Gasteiger partial charge < -0.3 is 10.0 Å². The predicted molar refractivity (Wildman–Crippen MR) is 53.9 cm³/mol. The van der Waals surface area contributed by atoms with Crippen LogP contribution in [0.5, 0.6) is 0 Å². The highest BCUT2D eigenvalue weighted by atomic mass is 35.5. The number of carboxylic acid groups (broad SMARTS) is 1. The van der Waals surface area contributed by atoms with Gasteiger partial charge in [0.25, 0.3) is 5.91 Å². The van der Waals surface area contributed by atoms with Crippen LogP contribution in [0.4, 0.5) is 0 Å². The van der Waals surface area contributed by atoms with E-state index in [1.54, 1.807) is 10.8 Å². The van der Waals surface area contributed by atoms with Crippen molar-refractivity contribution in [2.75, 3.05) is 13.6 Å². The third kappa shape index (κ3) is 2.46. The molecule has 4 nitrogen and oxygen atoms in total. The zero-order chi connectivity index (χ0) is 10.7. The molecule has 0 radical (unpaired) electrons. The van der Waals surface area contributed by atoms with E-state index in [1.807, 2.05) is 0 Å². The van der Waals surface area contributed by atoms with E-state index in [0.717, 1.165) is 4.90 Å². The Morgan fingerprint density at radius 2 is 2.21 bits per heavy atom. The van der Waals surface area contributed by atoms with Crippen LogP contribution in [0.2, 0.25) is 5.02 Å². The molecule has 0 spiro atoms. The number of rotatable bonds is 3. The lowest BCUT2D eigenvalue weighted by atomic mass is 10.3. The van der Waals surface area contributed by atoms with Gasteiger partial charge >= 0.3 is 5.97 Å². The zero-order valence-electron chi connectivity index (χ0n) is 7.36. The number of amides is 1. The number of aliphatic carboxylic acids is 1. The molecule has 1 aromatic rings. The fraction of sp³-hybridized carbons (Fsp3) is 0.250. The molecule has 0 atom stereocenters. The molecule has 14 heavy (non-hydrogen) atoms. The van der Waals surface area contributed by atoms with Gasteiger partial charge in [-0.2, -0.15) is 0 Å². The molecule has 0 saturated heterocycles. The number of carbonyl (C=O) groups excluding carboxylic acids is 1. The quantitative estimate of drug-likeness (QED) is 0.862. The van der Waals surface area contributed by atoms with Crippen LogP contribution < -0.4 is 0 Å². The van der Waals surface area contributed by atoms with Crippen molar-refractivity contribution >= 4 is 34.8 Å². The SMILES string of the molecule is CN(CC(=O)O)C(=O)c1cscc1Cl. The Labute approximate surface area is 89.7 Å². The van der Waals surface area contributed by atoms with E-state index in [4.69, 9.17) is 16.7 Å². The molecule has 0 aromatic carbocycles. The summed E-state index contributed by atoms with van der Waals surface area (Å²) in [4.78, 5) is 23.0. The van der Waals surface area contributed by atoms with E-state index < -0.39 is 5.97 Å². The Morgan fingerprint density at radius 1 is 1.57 bits per heavy atom. The number of hydrogen-bond acceptors (Lipinski definition) is 3. The molecule has 0 unspecified atom stereocenters. The van der Waals surface area contributed by atoms with Crippen molar-refractivity contribution in [3.63, 3.8) is 0 Å². The third-order valence-corrected chi connectivity index (χ3v) is 2.75. The van der Waals surface area contributed by atoms with Crippen molar-refractivity contribution in [1.82, 2.24) is 4.90 Å². The van der Waals surface area contributed by atoms with Crippen molar-refractivity contribution in [3.8, 4) is 0 Å². The van der Waals surface area contributed by atoms with Crippen LogP contribution in [0, 0.1) is 0 Å². The normalized spacial score (nSPS) is 9.86. The van der Waals surface area contributed by atoms with Gasteiger partial charge in [0.1, 0.15) is 6.54 Å². The van der Waals surface area contributed by atoms with E-state index in [2.05, 4.69) is 0 Å². The van der Waals surface area contributed by atoms with Crippen molar-refractivity contribution in [2.45, 2.75) is 0 Å². The fourth-order valence-corrected chi connectivity index (χ4v) is 1.95. The third-order valence-electron chi connectivity index (χ3n) is 1.56. The lowest BCUT2D eigenvalue weighted by molar-refractivity contribution is -0.137. The number of nitrogens with zero attached hydrogens (tertiary/aromatic N) is 1. The van der Waals surface area contributed by atoms with Crippen LogP contribution >= 0.6 is 22.9 Å². The minimum absolute atomic E-state index is 0.328. The molecule has 1 rings (SSSR count). The van der Waals surface area contributed by atoms with Crippen molar-refractivity contribution in [1.29, 1.82) is 0 Å². The van der Waals surface area contributed by atoms with Crippen LogP contribution in [0.15, 0.2) is 10.8 Å². The highest BCUT2D eigenvalue weighted by Gasteiger charge is 2.17. The molecule has 76 valence electrons. The minimum atomic E-state index is -1.05. The number of carboxylic acids is 1. The molecule has 0 saturated carbocycles. The Hall–Kier alpha value is -1.07. The summed E-state index contributed by atoms with van der Waals surface area (Å²) in [7, 11) is 1.42. The van der Waals surface area contributed by atoms with E-state index in [1.165, 1.54) is 18.4 Å². The topological polar surface area (TPSA) is 57.6 Å². The summed E-state index contributed by atoms with van der Waals surface area (Å²) in [6.45, 7) is -0.328. The van der Waals surface area contributed by atoms with Crippen LogP contribution in [-0.2, 0) is 4.79 Å². The summed E-state index contributed by atoms with van der Waals surface area (Å²) in [6.07, 6.45) is 0. The van der Waals surface area contributed by atoms with Gasteiger partial charge in [-0.15, -0.1) is 11.3 Å². The predicted octanol–water partition coefficient (Wildman–Crippen LogP) is 1.56. The molecule has 0 bridgehead atoms. The fourth-order valence-electron chi connectivity index (χ4n) is 0.914. The standard InChI is InChI=1S/C8H8ClNO3S/c1-10(2-7(11)12)8(13)5-3-14-4-6(5)9/h3-4H,2H2,1H3,(H,11,12). The molecule has 0 aliphatic carbocycles. The lowest BCUT2D eigenvalue weighted by Gasteiger charge is -2.13. The van der Waals surface area contributed by atoms with E-state index >= 15 is 0 Å². The molecular weight excluding hydrogens is 226 g/mol. The summed E-state index contributed by atoms with van der Waals surface area (Å²) in [5.41, 5.74) is 0.348. The first-order valence-electron chi connectivity index (χ1n) is 3.71. The molecule has 0 fully saturated rings. The molecule has 1 amide bonds. The number of carbonyl (C=O) groups is 2. The van der Waals surface area contributed by atoms with Gasteiger partial charge in [-0.25, -0.2) is 0 Å².